The van der Waals surface area contributed by atoms with Gasteiger partial charge in [0.2, 0.25) is 11.8 Å². The van der Waals surface area contributed by atoms with Crippen molar-refractivity contribution in [1.82, 2.24) is 20.0 Å². The van der Waals surface area contributed by atoms with Gasteiger partial charge >= 0.3 is 0 Å². The summed E-state index contributed by atoms with van der Waals surface area (Å²) in [5, 5.41) is 3.23. The van der Waals surface area contributed by atoms with E-state index in [0.717, 1.165) is 49.7 Å². The molecule has 2 saturated heterocycles. The fourth-order valence-electron chi connectivity index (χ4n) is 4.64. The van der Waals surface area contributed by atoms with Gasteiger partial charge in [0, 0.05) is 45.7 Å². The van der Waals surface area contributed by atoms with Crippen molar-refractivity contribution in [1.29, 1.82) is 0 Å². The number of carbonyl (C=O) groups excluding carboxylic acids is 2. The third-order valence-electron chi connectivity index (χ3n) is 6.67. The van der Waals surface area contributed by atoms with Gasteiger partial charge in [0.05, 0.1) is 45.6 Å². The molecule has 1 unspecified atom stereocenters. The Kier molecular flexibility index (Phi) is 8.64. The van der Waals surface area contributed by atoms with Crippen molar-refractivity contribution >= 4 is 11.8 Å². The normalized spacial score (nSPS) is 20.6. The van der Waals surface area contributed by atoms with Gasteiger partial charge < -0.3 is 24.4 Å². The van der Waals surface area contributed by atoms with Gasteiger partial charge in [0.25, 0.3) is 0 Å². The highest BCUT2D eigenvalue weighted by molar-refractivity contribution is 5.79. The van der Waals surface area contributed by atoms with Crippen molar-refractivity contribution in [2.75, 3.05) is 78.8 Å². The van der Waals surface area contributed by atoms with Gasteiger partial charge in [-0.05, 0) is 23.6 Å². The molecule has 4 rings (SSSR count). The van der Waals surface area contributed by atoms with Crippen LogP contribution in [0.2, 0.25) is 0 Å². The third kappa shape index (κ3) is 6.61. The predicted octanol–water partition coefficient (Wildman–Crippen LogP) is 1.14. The maximum atomic E-state index is 12.9. The summed E-state index contributed by atoms with van der Waals surface area (Å²) in [6.45, 7) is 12.1. The molecule has 0 radical (unpaired) electrons. The second-order valence-electron chi connectivity index (χ2n) is 9.59. The zero-order chi connectivity index (χ0) is 23.9. The highest BCUT2D eigenvalue weighted by Crippen LogP contribution is 2.34. The zero-order valence-corrected chi connectivity index (χ0v) is 20.5. The minimum atomic E-state index is -0.0999. The fraction of sp³-hybridized carbons (Fsp3) is 0.680. The van der Waals surface area contributed by atoms with E-state index in [4.69, 9.17) is 14.2 Å². The first kappa shape index (κ1) is 24.8. The summed E-state index contributed by atoms with van der Waals surface area (Å²) in [5.74, 6) is 1.93. The smallest absolute Gasteiger partial charge is 0.236 e. The SMILES string of the molecule is CC(C)C(NC(=O)CN1CCN(CC(=O)N2CCOCC2)CC1)c1ccc2c(c1)OCCCO2. The molecule has 0 bridgehead atoms. The lowest BCUT2D eigenvalue weighted by molar-refractivity contribution is -0.137. The van der Waals surface area contributed by atoms with Crippen LogP contribution in [0.4, 0.5) is 0 Å². The molecule has 1 aromatic carbocycles. The minimum absolute atomic E-state index is 0.0173. The van der Waals surface area contributed by atoms with E-state index >= 15 is 0 Å². The summed E-state index contributed by atoms with van der Waals surface area (Å²) in [6.07, 6.45) is 0.864. The molecule has 1 N–H and O–H groups in total. The molecule has 2 amide bonds. The molecule has 9 heteroatoms. The largest absolute Gasteiger partial charge is 0.490 e. The van der Waals surface area contributed by atoms with Crippen molar-refractivity contribution in [3.8, 4) is 11.5 Å². The lowest BCUT2D eigenvalue weighted by atomic mass is 9.95. The zero-order valence-electron chi connectivity index (χ0n) is 20.5. The van der Waals surface area contributed by atoms with Crippen molar-refractivity contribution < 1.29 is 23.8 Å². The van der Waals surface area contributed by atoms with E-state index in [1.54, 1.807) is 0 Å². The van der Waals surface area contributed by atoms with Crippen LogP contribution in [0, 0.1) is 5.92 Å². The lowest BCUT2D eigenvalue weighted by Gasteiger charge is -2.36. The van der Waals surface area contributed by atoms with E-state index in [0.29, 0.717) is 52.6 Å². The van der Waals surface area contributed by atoms with E-state index in [1.165, 1.54) is 0 Å². The van der Waals surface area contributed by atoms with Gasteiger partial charge in [-0.3, -0.25) is 19.4 Å². The number of nitrogens with one attached hydrogen (secondary N) is 1. The van der Waals surface area contributed by atoms with E-state index in [2.05, 4.69) is 29.0 Å². The van der Waals surface area contributed by atoms with E-state index < -0.39 is 0 Å². The summed E-state index contributed by atoms with van der Waals surface area (Å²) in [7, 11) is 0. The monoisotopic (exact) mass is 474 g/mol. The second kappa shape index (κ2) is 11.9. The third-order valence-corrected chi connectivity index (χ3v) is 6.67. The first-order valence-corrected chi connectivity index (χ1v) is 12.5. The minimum Gasteiger partial charge on any atom is -0.490 e. The Hall–Kier alpha value is -2.36. The standard InChI is InChI=1S/C25H38N4O5/c1-19(2)25(20-4-5-21-22(16-20)34-13-3-12-33-21)26-23(30)17-27-6-8-28(9-7-27)18-24(31)29-10-14-32-15-11-29/h4-5,16,19,25H,3,6-15,17-18H2,1-2H3,(H,26,30). The van der Waals surface area contributed by atoms with Gasteiger partial charge in [-0.25, -0.2) is 0 Å². The Morgan fingerprint density at radius 3 is 2.21 bits per heavy atom. The van der Waals surface area contributed by atoms with Crippen LogP contribution in [0.25, 0.3) is 0 Å². The maximum Gasteiger partial charge on any atom is 0.236 e. The summed E-state index contributed by atoms with van der Waals surface area (Å²) < 4.78 is 16.9. The van der Waals surface area contributed by atoms with Gasteiger partial charge in [0.1, 0.15) is 0 Å². The number of ether oxygens (including phenoxy) is 3. The van der Waals surface area contributed by atoms with E-state index in [9.17, 15) is 9.59 Å². The molecule has 188 valence electrons. The molecule has 1 aromatic rings. The quantitative estimate of drug-likeness (QED) is 0.635. The van der Waals surface area contributed by atoms with Gasteiger partial charge in [-0.2, -0.15) is 0 Å². The molecule has 0 aromatic heterocycles. The molecule has 0 aliphatic carbocycles. The molecule has 34 heavy (non-hydrogen) atoms. The van der Waals surface area contributed by atoms with Crippen LogP contribution in [0.15, 0.2) is 18.2 Å². The van der Waals surface area contributed by atoms with Gasteiger partial charge in [0.15, 0.2) is 11.5 Å². The molecular formula is C25H38N4O5. The van der Waals surface area contributed by atoms with Crippen molar-refractivity contribution in [2.45, 2.75) is 26.3 Å². The van der Waals surface area contributed by atoms with E-state index in [-0.39, 0.29) is 23.8 Å². The number of benzene rings is 1. The summed E-state index contributed by atoms with van der Waals surface area (Å²) in [5.41, 5.74) is 1.03. The number of nitrogens with zero attached hydrogens (tertiary/aromatic N) is 3. The Labute approximate surface area is 202 Å². The van der Waals surface area contributed by atoms with Crippen LogP contribution in [0.3, 0.4) is 0 Å². The highest BCUT2D eigenvalue weighted by Gasteiger charge is 2.26. The van der Waals surface area contributed by atoms with Crippen molar-refractivity contribution in [3.05, 3.63) is 23.8 Å². The van der Waals surface area contributed by atoms with Gasteiger partial charge in [-0.1, -0.05) is 19.9 Å². The molecule has 3 aliphatic rings. The Bertz CT molecular complexity index is 835. The number of hydrogen-bond acceptors (Lipinski definition) is 7. The average Bonchev–Trinajstić information content (AvgIpc) is 3.09. The number of piperazine rings is 1. The van der Waals surface area contributed by atoms with Crippen LogP contribution in [-0.2, 0) is 14.3 Å². The number of amides is 2. The van der Waals surface area contributed by atoms with Crippen LogP contribution in [0.5, 0.6) is 11.5 Å². The first-order chi connectivity index (χ1) is 16.5. The number of hydrogen-bond donors (Lipinski definition) is 1. The molecule has 1 atom stereocenters. The number of rotatable bonds is 7. The van der Waals surface area contributed by atoms with Crippen molar-refractivity contribution in [3.63, 3.8) is 0 Å². The van der Waals surface area contributed by atoms with Crippen LogP contribution in [0.1, 0.15) is 31.9 Å². The molecule has 0 spiro atoms. The number of carbonyl (C=O) groups is 2. The second-order valence-corrected chi connectivity index (χ2v) is 9.59. The van der Waals surface area contributed by atoms with Crippen LogP contribution < -0.4 is 14.8 Å². The number of morpholine rings is 1. The average molecular weight is 475 g/mol. The maximum absolute atomic E-state index is 12.9. The molecule has 2 fully saturated rings. The molecule has 9 nitrogen and oxygen atoms in total. The fourth-order valence-corrected chi connectivity index (χ4v) is 4.64. The Morgan fingerprint density at radius 1 is 0.882 bits per heavy atom. The predicted molar refractivity (Wildman–Crippen MR) is 128 cm³/mol. The summed E-state index contributed by atoms with van der Waals surface area (Å²) >= 11 is 0. The number of fused-ring (bicyclic) bond motifs is 1. The molecule has 0 saturated carbocycles. The molecule has 3 heterocycles. The Balaban J connectivity index is 1.25. The Morgan fingerprint density at radius 2 is 1.53 bits per heavy atom. The topological polar surface area (TPSA) is 83.6 Å². The lowest BCUT2D eigenvalue weighted by Crippen LogP contribution is -2.53. The molecular weight excluding hydrogens is 436 g/mol. The van der Waals surface area contributed by atoms with Crippen molar-refractivity contribution in [2.24, 2.45) is 5.92 Å². The first-order valence-electron chi connectivity index (χ1n) is 12.5. The van der Waals surface area contributed by atoms with E-state index in [1.807, 2.05) is 23.1 Å². The van der Waals surface area contributed by atoms with Gasteiger partial charge in [-0.15, -0.1) is 0 Å². The summed E-state index contributed by atoms with van der Waals surface area (Å²) in [4.78, 5) is 31.6. The van der Waals surface area contributed by atoms with Crippen LogP contribution in [-0.4, -0.2) is 105 Å². The summed E-state index contributed by atoms with van der Waals surface area (Å²) in [6, 6.07) is 5.85. The molecule has 3 aliphatic heterocycles. The highest BCUT2D eigenvalue weighted by atomic mass is 16.5. The van der Waals surface area contributed by atoms with Crippen LogP contribution >= 0.6 is 0 Å².